The molecule has 2 unspecified atom stereocenters. The van der Waals surface area contributed by atoms with E-state index in [1.807, 2.05) is 30.3 Å². The van der Waals surface area contributed by atoms with E-state index in [2.05, 4.69) is 15.6 Å². The Morgan fingerprint density at radius 2 is 1.59 bits per heavy atom. The van der Waals surface area contributed by atoms with Gasteiger partial charge in [-0.05, 0) is 42.7 Å². The number of nitrogens with one attached hydrogen (secondary N) is 2. The fourth-order valence-electron chi connectivity index (χ4n) is 5.95. The number of nitrogens with zero attached hydrogens (tertiary/aromatic N) is 2. The van der Waals surface area contributed by atoms with Gasteiger partial charge in [0.1, 0.15) is 12.1 Å². The molecule has 2 atom stereocenters. The summed E-state index contributed by atoms with van der Waals surface area (Å²) in [6.45, 7) is 1.17. The largest absolute Gasteiger partial charge is 0.370 e. The van der Waals surface area contributed by atoms with Crippen LogP contribution in [-0.2, 0) is 27.3 Å². The molecule has 0 saturated heterocycles. The Morgan fingerprint density at radius 3 is 2.30 bits per heavy atom. The standard InChI is InChI=1S/C33H44N6O4.ClH/c34-33(35)36-19-9-16-27(31(42)37-21-23-10-3-1-4-11-23)38-32(43)28-20-25-14-7-8-15-26(25)22-39(28)30(41)18-17-29(40)24-12-5-2-6-13-24;/h2,5-8,12-15,23,27-28H,1,3-4,9-11,16-22H2,(H,37,42)(H,38,43)(H4,34,35,36);1H. The summed E-state index contributed by atoms with van der Waals surface area (Å²) < 4.78 is 0. The lowest BCUT2D eigenvalue weighted by atomic mass is 9.89. The van der Waals surface area contributed by atoms with Gasteiger partial charge in [-0.25, -0.2) is 0 Å². The monoisotopic (exact) mass is 624 g/mol. The van der Waals surface area contributed by atoms with Crippen LogP contribution in [0.4, 0.5) is 0 Å². The van der Waals surface area contributed by atoms with Crippen molar-refractivity contribution in [3.05, 3.63) is 71.3 Å². The average molecular weight is 625 g/mol. The summed E-state index contributed by atoms with van der Waals surface area (Å²) in [5, 5.41) is 6.00. The molecule has 2 aromatic rings. The van der Waals surface area contributed by atoms with Crippen molar-refractivity contribution in [1.29, 1.82) is 0 Å². The number of rotatable bonds is 13. The molecule has 6 N–H and O–H groups in total. The van der Waals surface area contributed by atoms with Crippen molar-refractivity contribution in [3.8, 4) is 0 Å². The quantitative estimate of drug-likeness (QED) is 0.116. The van der Waals surface area contributed by atoms with E-state index in [9.17, 15) is 19.2 Å². The fraction of sp³-hybridized carbons (Fsp3) is 0.485. The van der Waals surface area contributed by atoms with Crippen molar-refractivity contribution in [2.24, 2.45) is 22.4 Å². The van der Waals surface area contributed by atoms with Crippen LogP contribution in [0.25, 0.3) is 0 Å². The molecule has 0 bridgehead atoms. The minimum Gasteiger partial charge on any atom is -0.370 e. The Morgan fingerprint density at radius 1 is 0.909 bits per heavy atom. The Bertz CT molecular complexity index is 1290. The lowest BCUT2D eigenvalue weighted by Gasteiger charge is -2.37. The molecule has 0 radical (unpaired) electrons. The summed E-state index contributed by atoms with van der Waals surface area (Å²) in [7, 11) is 0. The van der Waals surface area contributed by atoms with Gasteiger partial charge in [0.05, 0.1) is 0 Å². The number of fused-ring (bicyclic) bond motifs is 1. The van der Waals surface area contributed by atoms with Crippen LogP contribution in [0, 0.1) is 5.92 Å². The number of ketones is 1. The van der Waals surface area contributed by atoms with E-state index in [-0.39, 0.29) is 55.4 Å². The van der Waals surface area contributed by atoms with Crippen LogP contribution in [0.2, 0.25) is 0 Å². The van der Waals surface area contributed by atoms with Crippen molar-refractivity contribution >= 4 is 41.9 Å². The van der Waals surface area contributed by atoms with Gasteiger partial charge in [0.2, 0.25) is 17.7 Å². The molecule has 238 valence electrons. The molecule has 3 amide bonds. The predicted molar refractivity (Wildman–Crippen MR) is 173 cm³/mol. The van der Waals surface area contributed by atoms with Gasteiger partial charge in [-0.3, -0.25) is 24.2 Å². The van der Waals surface area contributed by atoms with Crippen LogP contribution < -0.4 is 22.1 Å². The molecule has 2 aromatic carbocycles. The number of Topliss-reactive ketones (excluding diaryl/α,β-unsaturated/α-hetero) is 1. The van der Waals surface area contributed by atoms with Crippen LogP contribution in [0.15, 0.2) is 59.6 Å². The molecule has 1 aliphatic heterocycles. The Balaban J connectivity index is 0.00000529. The molecule has 0 aromatic heterocycles. The number of aliphatic imine (C=N–C) groups is 1. The minimum atomic E-state index is -0.805. The second kappa shape index (κ2) is 17.4. The molecular weight excluding hydrogens is 580 g/mol. The van der Waals surface area contributed by atoms with Crippen molar-refractivity contribution < 1.29 is 19.2 Å². The van der Waals surface area contributed by atoms with Gasteiger partial charge in [0.15, 0.2) is 11.7 Å². The summed E-state index contributed by atoms with van der Waals surface area (Å²) in [6.07, 6.45) is 6.96. The van der Waals surface area contributed by atoms with Gasteiger partial charge >= 0.3 is 0 Å². The number of benzene rings is 2. The molecule has 2 aliphatic rings. The molecule has 1 heterocycles. The van der Waals surface area contributed by atoms with Gasteiger partial charge in [0.25, 0.3) is 0 Å². The highest BCUT2D eigenvalue weighted by Crippen LogP contribution is 2.25. The number of halogens is 1. The first-order valence-corrected chi connectivity index (χ1v) is 15.4. The highest BCUT2D eigenvalue weighted by Gasteiger charge is 2.36. The number of guanidine groups is 1. The average Bonchev–Trinajstić information content (AvgIpc) is 3.03. The van der Waals surface area contributed by atoms with Gasteiger partial charge in [0, 0.05) is 44.5 Å². The van der Waals surface area contributed by atoms with E-state index in [4.69, 9.17) is 11.5 Å². The molecule has 1 saturated carbocycles. The third kappa shape index (κ3) is 10.1. The van der Waals surface area contributed by atoms with E-state index in [1.165, 1.54) is 19.3 Å². The van der Waals surface area contributed by atoms with Crippen molar-refractivity contribution in [1.82, 2.24) is 15.5 Å². The van der Waals surface area contributed by atoms with Crippen LogP contribution in [0.3, 0.4) is 0 Å². The van der Waals surface area contributed by atoms with E-state index in [0.29, 0.717) is 43.8 Å². The maximum atomic E-state index is 13.8. The molecule has 10 nitrogen and oxygen atoms in total. The minimum absolute atomic E-state index is 0. The summed E-state index contributed by atoms with van der Waals surface area (Å²) >= 11 is 0. The fourth-order valence-corrected chi connectivity index (χ4v) is 5.95. The van der Waals surface area contributed by atoms with E-state index in [0.717, 1.165) is 24.0 Å². The second-order valence-electron chi connectivity index (χ2n) is 11.6. The highest BCUT2D eigenvalue weighted by molar-refractivity contribution is 5.98. The second-order valence-corrected chi connectivity index (χ2v) is 11.6. The number of amides is 3. The number of hydrogen-bond donors (Lipinski definition) is 4. The smallest absolute Gasteiger partial charge is 0.243 e. The SMILES string of the molecule is Cl.NC(N)=NCCCC(NC(=O)C1Cc2ccccc2CN1C(=O)CCC(=O)c1ccccc1)C(=O)NCC1CCCCC1. The molecule has 11 heteroatoms. The first kappa shape index (κ1) is 34.6. The molecule has 4 rings (SSSR count). The molecule has 44 heavy (non-hydrogen) atoms. The van der Waals surface area contributed by atoms with Gasteiger partial charge in [-0.2, -0.15) is 0 Å². The van der Waals surface area contributed by atoms with Gasteiger partial charge < -0.3 is 27.0 Å². The van der Waals surface area contributed by atoms with Crippen molar-refractivity contribution in [2.75, 3.05) is 13.1 Å². The zero-order valence-corrected chi connectivity index (χ0v) is 26.0. The first-order valence-electron chi connectivity index (χ1n) is 15.4. The maximum Gasteiger partial charge on any atom is 0.243 e. The summed E-state index contributed by atoms with van der Waals surface area (Å²) in [6, 6.07) is 15.0. The molecule has 1 fully saturated rings. The van der Waals surface area contributed by atoms with E-state index >= 15 is 0 Å². The predicted octanol–water partition coefficient (Wildman–Crippen LogP) is 3.26. The lowest BCUT2D eigenvalue weighted by molar-refractivity contribution is -0.142. The number of hydrogen-bond acceptors (Lipinski definition) is 5. The van der Waals surface area contributed by atoms with E-state index < -0.39 is 18.0 Å². The van der Waals surface area contributed by atoms with Crippen LogP contribution in [0.5, 0.6) is 0 Å². The van der Waals surface area contributed by atoms with Gasteiger partial charge in [-0.15, -0.1) is 12.4 Å². The number of carbonyl (C=O) groups is 4. The Hall–Kier alpha value is -3.92. The van der Waals surface area contributed by atoms with Crippen molar-refractivity contribution in [2.45, 2.75) is 82.8 Å². The zero-order chi connectivity index (χ0) is 30.6. The third-order valence-electron chi connectivity index (χ3n) is 8.40. The molecule has 0 spiro atoms. The summed E-state index contributed by atoms with van der Waals surface area (Å²) in [5.41, 5.74) is 13.4. The molecule has 1 aliphatic carbocycles. The zero-order valence-electron chi connectivity index (χ0n) is 25.2. The highest BCUT2D eigenvalue weighted by atomic mass is 35.5. The van der Waals surface area contributed by atoms with Crippen LogP contribution in [0.1, 0.15) is 79.3 Å². The van der Waals surface area contributed by atoms with Crippen LogP contribution in [-0.4, -0.2) is 59.5 Å². The van der Waals surface area contributed by atoms with Crippen molar-refractivity contribution in [3.63, 3.8) is 0 Å². The normalized spacial score (nSPS) is 16.9. The summed E-state index contributed by atoms with van der Waals surface area (Å²) in [4.78, 5) is 58.9. The Kier molecular flexibility index (Phi) is 13.7. The number of nitrogens with two attached hydrogens (primary N) is 2. The maximum absolute atomic E-state index is 13.8. The third-order valence-corrected chi connectivity index (χ3v) is 8.40. The number of carbonyl (C=O) groups excluding carboxylic acids is 4. The van der Waals surface area contributed by atoms with Gasteiger partial charge in [-0.1, -0.05) is 73.9 Å². The first-order chi connectivity index (χ1) is 20.8. The van der Waals surface area contributed by atoms with Crippen LogP contribution >= 0.6 is 12.4 Å². The van der Waals surface area contributed by atoms with E-state index in [1.54, 1.807) is 29.2 Å². The summed E-state index contributed by atoms with van der Waals surface area (Å²) in [5.74, 6) is -0.615. The topological polar surface area (TPSA) is 160 Å². The Labute approximate surface area is 265 Å². The lowest BCUT2D eigenvalue weighted by Crippen LogP contribution is -2.57. The molecular formula is C33H45ClN6O4.